The summed E-state index contributed by atoms with van der Waals surface area (Å²) in [5.74, 6) is -1.22. The highest BCUT2D eigenvalue weighted by Crippen LogP contribution is 2.24. The molecule has 1 heterocycles. The molecule has 6 heteroatoms. The Morgan fingerprint density at radius 2 is 2.12 bits per heavy atom. The lowest BCUT2D eigenvalue weighted by Crippen LogP contribution is -2.00. The zero-order chi connectivity index (χ0) is 11.5. The van der Waals surface area contributed by atoms with E-state index in [4.69, 9.17) is 0 Å². The van der Waals surface area contributed by atoms with E-state index >= 15 is 0 Å². The Hall–Kier alpha value is -1.01. The van der Waals surface area contributed by atoms with Gasteiger partial charge in [-0.05, 0) is 22.0 Å². The van der Waals surface area contributed by atoms with Crippen molar-refractivity contribution in [3.63, 3.8) is 0 Å². The minimum absolute atomic E-state index is 0.237. The van der Waals surface area contributed by atoms with Gasteiger partial charge in [0.05, 0.1) is 22.2 Å². The maximum absolute atomic E-state index is 13.3. The summed E-state index contributed by atoms with van der Waals surface area (Å²) in [6.07, 6.45) is 1.70. The summed E-state index contributed by atoms with van der Waals surface area (Å²) in [5, 5.41) is 2.88. The second-order valence-corrected chi connectivity index (χ2v) is 4.89. The lowest BCUT2D eigenvalue weighted by Gasteiger charge is -2.07. The number of halogens is 3. The number of nitrogens with zero attached hydrogens (tertiary/aromatic N) is 1. The molecule has 0 saturated carbocycles. The van der Waals surface area contributed by atoms with Gasteiger partial charge in [0.25, 0.3) is 0 Å². The van der Waals surface area contributed by atoms with E-state index in [0.29, 0.717) is 6.54 Å². The van der Waals surface area contributed by atoms with Crippen LogP contribution in [-0.4, -0.2) is 4.98 Å². The van der Waals surface area contributed by atoms with Gasteiger partial charge in [-0.1, -0.05) is 0 Å². The first kappa shape index (κ1) is 11.5. The molecule has 0 aliphatic carbocycles. The Kier molecular flexibility index (Phi) is 3.50. The summed E-state index contributed by atoms with van der Waals surface area (Å²) in [6, 6.07) is 2.23. The third kappa shape index (κ3) is 2.56. The van der Waals surface area contributed by atoms with Crippen LogP contribution in [0.5, 0.6) is 0 Å². The molecule has 0 unspecified atom stereocenters. The molecule has 0 bridgehead atoms. The second-order valence-electron chi connectivity index (χ2n) is 3.07. The molecule has 2 rings (SSSR count). The van der Waals surface area contributed by atoms with Gasteiger partial charge in [-0.2, -0.15) is 0 Å². The summed E-state index contributed by atoms with van der Waals surface area (Å²) < 4.78 is 26.5. The molecule has 0 atom stereocenters. The summed E-state index contributed by atoms with van der Waals surface area (Å²) >= 11 is 4.48. The highest BCUT2D eigenvalue weighted by atomic mass is 79.9. The van der Waals surface area contributed by atoms with Gasteiger partial charge in [0, 0.05) is 17.1 Å². The highest BCUT2D eigenvalue weighted by Gasteiger charge is 2.07. The van der Waals surface area contributed by atoms with E-state index in [1.54, 1.807) is 11.7 Å². The number of rotatable bonds is 3. The van der Waals surface area contributed by atoms with Crippen LogP contribution in [0.15, 0.2) is 28.3 Å². The molecule has 0 spiro atoms. The van der Waals surface area contributed by atoms with Crippen molar-refractivity contribution in [2.75, 3.05) is 5.32 Å². The molecular formula is C10H7BrF2N2S. The van der Waals surface area contributed by atoms with E-state index in [2.05, 4.69) is 26.2 Å². The molecule has 0 amide bonds. The molecule has 16 heavy (non-hydrogen) atoms. The number of nitrogens with one attached hydrogen (secondary N) is 1. The Labute approximate surface area is 103 Å². The van der Waals surface area contributed by atoms with Crippen molar-refractivity contribution in [3.8, 4) is 0 Å². The lowest BCUT2D eigenvalue weighted by molar-refractivity contribution is 0.580. The van der Waals surface area contributed by atoms with Crippen molar-refractivity contribution in [1.29, 1.82) is 0 Å². The fourth-order valence-electron chi connectivity index (χ4n) is 1.17. The van der Waals surface area contributed by atoms with Gasteiger partial charge >= 0.3 is 0 Å². The van der Waals surface area contributed by atoms with Gasteiger partial charge in [-0.3, -0.25) is 4.98 Å². The number of aromatic nitrogens is 1. The van der Waals surface area contributed by atoms with E-state index < -0.39 is 11.6 Å². The standard InChI is InChI=1S/C10H7BrF2N2S/c11-7-1-10(9(13)2-8(7)12)15-4-6-3-14-5-16-6/h1-3,5,15H,4H2. The predicted molar refractivity (Wildman–Crippen MR) is 63.5 cm³/mol. The third-order valence-corrected chi connectivity index (χ3v) is 3.33. The van der Waals surface area contributed by atoms with Gasteiger partial charge in [-0.25, -0.2) is 8.78 Å². The minimum atomic E-state index is -0.610. The van der Waals surface area contributed by atoms with Crippen molar-refractivity contribution in [2.45, 2.75) is 6.54 Å². The second kappa shape index (κ2) is 4.88. The van der Waals surface area contributed by atoms with Crippen molar-refractivity contribution >= 4 is 33.0 Å². The average molecular weight is 305 g/mol. The van der Waals surface area contributed by atoms with Crippen LogP contribution in [0, 0.1) is 11.6 Å². The van der Waals surface area contributed by atoms with Gasteiger partial charge in [0.1, 0.15) is 11.6 Å². The zero-order valence-corrected chi connectivity index (χ0v) is 10.4. The normalized spacial score (nSPS) is 10.4. The van der Waals surface area contributed by atoms with Crippen molar-refractivity contribution in [1.82, 2.24) is 4.98 Å². The molecule has 1 N–H and O–H groups in total. The highest BCUT2D eigenvalue weighted by molar-refractivity contribution is 9.10. The fourth-order valence-corrected chi connectivity index (χ4v) is 2.05. The van der Waals surface area contributed by atoms with Crippen LogP contribution in [0.1, 0.15) is 4.88 Å². The Morgan fingerprint density at radius 3 is 2.81 bits per heavy atom. The SMILES string of the molecule is Fc1cc(F)c(NCc2cncs2)cc1Br. The van der Waals surface area contributed by atoms with Crippen LogP contribution in [0.3, 0.4) is 0 Å². The summed E-state index contributed by atoms with van der Waals surface area (Å²) in [5.41, 5.74) is 1.97. The topological polar surface area (TPSA) is 24.9 Å². The Morgan fingerprint density at radius 1 is 1.31 bits per heavy atom. The monoisotopic (exact) mass is 304 g/mol. The molecular weight excluding hydrogens is 298 g/mol. The Balaban J connectivity index is 2.12. The molecule has 2 nitrogen and oxygen atoms in total. The fraction of sp³-hybridized carbons (Fsp3) is 0.100. The van der Waals surface area contributed by atoms with Gasteiger partial charge in [0.2, 0.25) is 0 Å². The van der Waals surface area contributed by atoms with Crippen LogP contribution >= 0.6 is 27.3 Å². The molecule has 0 radical (unpaired) electrons. The third-order valence-electron chi connectivity index (χ3n) is 1.95. The zero-order valence-electron chi connectivity index (χ0n) is 8.01. The van der Waals surface area contributed by atoms with E-state index in [1.807, 2.05) is 0 Å². The largest absolute Gasteiger partial charge is 0.378 e. The molecule has 1 aromatic heterocycles. The average Bonchev–Trinajstić information content (AvgIpc) is 2.74. The van der Waals surface area contributed by atoms with Crippen LogP contribution < -0.4 is 5.32 Å². The quantitative estimate of drug-likeness (QED) is 0.873. The first-order valence-corrected chi connectivity index (χ1v) is 6.10. The van der Waals surface area contributed by atoms with Crippen LogP contribution in [0.4, 0.5) is 14.5 Å². The van der Waals surface area contributed by atoms with E-state index in [1.165, 1.54) is 17.4 Å². The van der Waals surface area contributed by atoms with Crippen LogP contribution in [0.2, 0.25) is 0 Å². The molecule has 84 valence electrons. The molecule has 0 aliphatic rings. The predicted octanol–water partition coefficient (Wildman–Crippen LogP) is 3.80. The number of benzene rings is 1. The number of hydrogen-bond donors (Lipinski definition) is 1. The van der Waals surface area contributed by atoms with E-state index in [-0.39, 0.29) is 10.2 Å². The molecule has 0 fully saturated rings. The first-order chi connectivity index (χ1) is 7.66. The van der Waals surface area contributed by atoms with Crippen molar-refractivity contribution < 1.29 is 8.78 Å². The Bertz CT molecular complexity index is 488. The van der Waals surface area contributed by atoms with E-state index in [9.17, 15) is 8.78 Å². The van der Waals surface area contributed by atoms with Crippen LogP contribution in [0.25, 0.3) is 0 Å². The smallest absolute Gasteiger partial charge is 0.149 e. The first-order valence-electron chi connectivity index (χ1n) is 4.42. The molecule has 2 aromatic rings. The molecule has 0 aliphatic heterocycles. The van der Waals surface area contributed by atoms with E-state index in [0.717, 1.165) is 10.9 Å². The maximum atomic E-state index is 13.3. The number of hydrogen-bond acceptors (Lipinski definition) is 3. The van der Waals surface area contributed by atoms with Crippen molar-refractivity contribution in [3.05, 3.63) is 44.8 Å². The number of thiazole rings is 1. The lowest BCUT2D eigenvalue weighted by atomic mass is 10.3. The summed E-state index contributed by atoms with van der Waals surface area (Å²) in [4.78, 5) is 4.89. The summed E-state index contributed by atoms with van der Waals surface area (Å²) in [7, 11) is 0. The van der Waals surface area contributed by atoms with Gasteiger partial charge in [0.15, 0.2) is 0 Å². The molecule has 0 saturated heterocycles. The van der Waals surface area contributed by atoms with Crippen LogP contribution in [-0.2, 0) is 6.54 Å². The minimum Gasteiger partial charge on any atom is -0.378 e. The van der Waals surface area contributed by atoms with Gasteiger partial charge < -0.3 is 5.32 Å². The number of anilines is 1. The molecule has 1 aromatic carbocycles. The maximum Gasteiger partial charge on any atom is 0.149 e. The van der Waals surface area contributed by atoms with Crippen molar-refractivity contribution in [2.24, 2.45) is 0 Å². The van der Waals surface area contributed by atoms with Gasteiger partial charge in [-0.15, -0.1) is 11.3 Å². The summed E-state index contributed by atoms with van der Waals surface area (Å²) in [6.45, 7) is 0.472.